The number of carbonyl (C=O) groups excluding carboxylic acids is 2. The van der Waals surface area contributed by atoms with Crippen molar-refractivity contribution in [2.75, 3.05) is 0 Å². The van der Waals surface area contributed by atoms with Crippen LogP contribution in [0.15, 0.2) is 30.3 Å². The average Bonchev–Trinajstić information content (AvgIpc) is 2.18. The lowest BCUT2D eigenvalue weighted by Crippen LogP contribution is -2.11. The molecule has 1 radical (unpaired) electrons. The lowest BCUT2D eigenvalue weighted by Gasteiger charge is -2.13. The van der Waals surface area contributed by atoms with Gasteiger partial charge in [0.05, 0.1) is 0 Å². The first-order valence-electron chi connectivity index (χ1n) is 3.99. The number of rotatable bonds is 4. The molecule has 1 unspecified atom stereocenters. The Morgan fingerprint density at radius 3 is 2.50 bits per heavy atom. The summed E-state index contributed by atoms with van der Waals surface area (Å²) < 4.78 is 9.24. The standard InChI is InChI=1S/C10H9O4/c1-8(12)14-10(13-7-11)9-5-3-2-4-6-9/h2-6,10H,1H3. The Balaban J connectivity index is 2.77. The molecule has 0 bridgehead atoms. The molecule has 0 aliphatic rings. The average molecular weight is 193 g/mol. The zero-order valence-electron chi connectivity index (χ0n) is 7.60. The van der Waals surface area contributed by atoms with Gasteiger partial charge in [0, 0.05) is 12.5 Å². The maximum Gasteiger partial charge on any atom is 0.420 e. The van der Waals surface area contributed by atoms with Gasteiger partial charge < -0.3 is 9.47 Å². The van der Waals surface area contributed by atoms with Gasteiger partial charge in [-0.1, -0.05) is 30.3 Å². The molecular weight excluding hydrogens is 184 g/mol. The second-order valence-corrected chi connectivity index (χ2v) is 2.55. The number of ether oxygens (including phenoxy) is 2. The highest BCUT2D eigenvalue weighted by Crippen LogP contribution is 2.17. The maximum absolute atomic E-state index is 10.7. The van der Waals surface area contributed by atoms with E-state index in [9.17, 15) is 9.59 Å². The van der Waals surface area contributed by atoms with Crippen LogP contribution in [0.5, 0.6) is 0 Å². The molecule has 0 spiro atoms. The quantitative estimate of drug-likeness (QED) is 0.534. The minimum Gasteiger partial charge on any atom is -0.421 e. The van der Waals surface area contributed by atoms with Gasteiger partial charge in [-0.3, -0.25) is 4.79 Å². The predicted octanol–water partition coefficient (Wildman–Crippen LogP) is 1.33. The molecule has 0 fully saturated rings. The number of benzene rings is 1. The molecule has 0 saturated heterocycles. The summed E-state index contributed by atoms with van der Waals surface area (Å²) in [6.45, 7) is 2.48. The van der Waals surface area contributed by atoms with E-state index in [0.29, 0.717) is 5.56 Å². The lowest BCUT2D eigenvalue weighted by atomic mass is 10.2. The number of carbonyl (C=O) groups is 1. The normalized spacial score (nSPS) is 11.5. The molecule has 0 N–H and O–H groups in total. The highest BCUT2D eigenvalue weighted by Gasteiger charge is 2.14. The third-order valence-corrected chi connectivity index (χ3v) is 1.50. The fraction of sp³-hybridized carbons (Fsp3) is 0.200. The first kappa shape index (κ1) is 10.2. The van der Waals surface area contributed by atoms with Gasteiger partial charge in [-0.25, -0.2) is 4.79 Å². The summed E-state index contributed by atoms with van der Waals surface area (Å²) in [5, 5.41) is 0. The molecule has 1 atom stereocenters. The molecule has 0 amide bonds. The molecule has 0 aliphatic carbocycles. The van der Waals surface area contributed by atoms with E-state index in [0.717, 1.165) is 0 Å². The predicted molar refractivity (Wildman–Crippen MR) is 47.7 cm³/mol. The molecule has 0 aliphatic heterocycles. The van der Waals surface area contributed by atoms with Crippen LogP contribution in [0.2, 0.25) is 0 Å². The van der Waals surface area contributed by atoms with Gasteiger partial charge >= 0.3 is 12.4 Å². The van der Waals surface area contributed by atoms with Crippen molar-refractivity contribution in [2.45, 2.75) is 13.2 Å². The van der Waals surface area contributed by atoms with Crippen molar-refractivity contribution in [3.05, 3.63) is 35.9 Å². The smallest absolute Gasteiger partial charge is 0.420 e. The van der Waals surface area contributed by atoms with Crippen LogP contribution in [0.4, 0.5) is 0 Å². The fourth-order valence-corrected chi connectivity index (χ4v) is 0.965. The molecule has 1 aromatic rings. The van der Waals surface area contributed by atoms with Crippen LogP contribution in [-0.4, -0.2) is 12.4 Å². The maximum atomic E-state index is 10.7. The Bertz CT molecular complexity index is 307. The van der Waals surface area contributed by atoms with Gasteiger partial charge in [-0.2, -0.15) is 0 Å². The summed E-state index contributed by atoms with van der Waals surface area (Å²) in [6.07, 6.45) is -1.01. The largest absolute Gasteiger partial charge is 0.421 e. The van der Waals surface area contributed by atoms with Gasteiger partial charge in [0.15, 0.2) is 0 Å². The van der Waals surface area contributed by atoms with Crippen molar-refractivity contribution in [1.82, 2.24) is 0 Å². The molecule has 14 heavy (non-hydrogen) atoms. The number of esters is 1. The van der Waals surface area contributed by atoms with Crippen molar-refractivity contribution in [2.24, 2.45) is 0 Å². The van der Waals surface area contributed by atoms with E-state index in [-0.39, 0.29) is 0 Å². The van der Waals surface area contributed by atoms with Gasteiger partial charge in [-0.05, 0) is 0 Å². The first-order chi connectivity index (χ1) is 6.74. The molecule has 4 nitrogen and oxygen atoms in total. The zero-order chi connectivity index (χ0) is 10.4. The van der Waals surface area contributed by atoms with Crippen molar-refractivity contribution in [3.8, 4) is 0 Å². The Morgan fingerprint density at radius 2 is 2.00 bits per heavy atom. The summed E-state index contributed by atoms with van der Waals surface area (Å²) in [5.41, 5.74) is 0.589. The third-order valence-electron chi connectivity index (χ3n) is 1.50. The minimum absolute atomic E-state index is 0.519. The van der Waals surface area contributed by atoms with E-state index in [1.165, 1.54) is 13.4 Å². The van der Waals surface area contributed by atoms with Crippen molar-refractivity contribution in [1.29, 1.82) is 0 Å². The van der Waals surface area contributed by atoms with Crippen LogP contribution in [0.25, 0.3) is 0 Å². The van der Waals surface area contributed by atoms with Gasteiger partial charge in [-0.15, -0.1) is 0 Å². The van der Waals surface area contributed by atoms with Crippen LogP contribution >= 0.6 is 0 Å². The van der Waals surface area contributed by atoms with E-state index < -0.39 is 12.3 Å². The van der Waals surface area contributed by atoms with Crippen molar-refractivity contribution < 1.29 is 19.1 Å². The Labute approximate surface area is 81.4 Å². The lowest BCUT2D eigenvalue weighted by molar-refractivity contribution is -0.163. The second kappa shape index (κ2) is 5.01. The monoisotopic (exact) mass is 193 g/mol. The molecular formula is C10H9O4. The van der Waals surface area contributed by atoms with Gasteiger partial charge in [0.2, 0.25) is 0 Å². The van der Waals surface area contributed by atoms with Crippen LogP contribution in [0.1, 0.15) is 18.8 Å². The van der Waals surface area contributed by atoms with Crippen LogP contribution in [0.3, 0.4) is 0 Å². The Kier molecular flexibility index (Phi) is 3.67. The molecule has 1 aromatic carbocycles. The second-order valence-electron chi connectivity index (χ2n) is 2.55. The SMILES string of the molecule is CC(=O)OC(O[C]=O)c1ccccc1. The Hall–Kier alpha value is -1.84. The first-order valence-corrected chi connectivity index (χ1v) is 3.99. The van der Waals surface area contributed by atoms with Gasteiger partial charge in [0.25, 0.3) is 6.29 Å². The van der Waals surface area contributed by atoms with Crippen LogP contribution in [-0.2, 0) is 19.1 Å². The van der Waals surface area contributed by atoms with E-state index in [1.54, 1.807) is 30.3 Å². The minimum atomic E-state index is -1.01. The highest BCUT2D eigenvalue weighted by atomic mass is 16.7. The molecule has 1 rings (SSSR count). The van der Waals surface area contributed by atoms with Crippen LogP contribution < -0.4 is 0 Å². The van der Waals surface area contributed by atoms with Crippen molar-refractivity contribution in [3.63, 3.8) is 0 Å². The summed E-state index contributed by atoms with van der Waals surface area (Å²) in [7, 11) is 0. The molecule has 0 heterocycles. The van der Waals surface area contributed by atoms with Gasteiger partial charge in [0.1, 0.15) is 0 Å². The van der Waals surface area contributed by atoms with E-state index >= 15 is 0 Å². The van der Waals surface area contributed by atoms with Crippen molar-refractivity contribution >= 4 is 12.4 Å². The number of hydrogen-bond donors (Lipinski definition) is 0. The summed E-state index contributed by atoms with van der Waals surface area (Å²) in [6, 6.07) is 8.68. The summed E-state index contributed by atoms with van der Waals surface area (Å²) >= 11 is 0. The molecule has 4 heteroatoms. The third kappa shape index (κ3) is 2.90. The van der Waals surface area contributed by atoms with E-state index in [2.05, 4.69) is 4.74 Å². The fourth-order valence-electron chi connectivity index (χ4n) is 0.965. The van der Waals surface area contributed by atoms with E-state index in [1.807, 2.05) is 0 Å². The molecule has 73 valence electrons. The Morgan fingerprint density at radius 1 is 1.36 bits per heavy atom. The van der Waals surface area contributed by atoms with E-state index in [4.69, 9.17) is 4.74 Å². The zero-order valence-corrected chi connectivity index (χ0v) is 7.60. The number of hydrogen-bond acceptors (Lipinski definition) is 4. The summed E-state index contributed by atoms with van der Waals surface area (Å²) in [5.74, 6) is -0.519. The molecule has 0 aromatic heterocycles. The highest BCUT2D eigenvalue weighted by molar-refractivity contribution is 5.66. The van der Waals surface area contributed by atoms with Crippen LogP contribution in [0, 0.1) is 0 Å². The molecule has 0 saturated carbocycles. The summed E-state index contributed by atoms with van der Waals surface area (Å²) in [4.78, 5) is 20.7. The topological polar surface area (TPSA) is 52.6 Å².